The molecule has 0 radical (unpaired) electrons. The van der Waals surface area contributed by atoms with Gasteiger partial charge in [-0.2, -0.15) is 5.11 Å². The van der Waals surface area contributed by atoms with Gasteiger partial charge in [0, 0.05) is 0 Å². The van der Waals surface area contributed by atoms with Gasteiger partial charge in [-0.05, 0) is 20.8 Å². The predicted molar refractivity (Wildman–Crippen MR) is 37.0 cm³/mol. The first-order valence-electron chi connectivity index (χ1n) is 2.96. The molecule has 58 valence electrons. The van der Waals surface area contributed by atoms with Crippen LogP contribution in [-0.4, -0.2) is 18.7 Å². The molecule has 0 fully saturated rings. The number of rotatable bonds is 0. The third kappa shape index (κ3) is 5.21. The van der Waals surface area contributed by atoms with Gasteiger partial charge in [-0.15, -0.1) is 0 Å². The van der Waals surface area contributed by atoms with E-state index in [-0.39, 0.29) is 5.54 Å². The molecule has 0 saturated carbocycles. The monoisotopic (exact) mass is 144 g/mol. The lowest BCUT2D eigenvalue weighted by Gasteiger charge is -2.07. The van der Waals surface area contributed by atoms with Crippen molar-refractivity contribution >= 4 is 6.09 Å². The molecule has 0 unspecified atom stereocenters. The van der Waals surface area contributed by atoms with Gasteiger partial charge in [0.05, 0.1) is 12.6 Å². The third-order valence-electron chi connectivity index (χ3n) is 0.606. The van der Waals surface area contributed by atoms with Gasteiger partial charge in [0.2, 0.25) is 0 Å². The number of hydrogen-bond acceptors (Lipinski definition) is 3. The summed E-state index contributed by atoms with van der Waals surface area (Å²) in [7, 11) is 1.27. The highest BCUT2D eigenvalue weighted by Crippen LogP contribution is 2.06. The van der Waals surface area contributed by atoms with Crippen LogP contribution in [0.25, 0.3) is 0 Å². The van der Waals surface area contributed by atoms with Crippen LogP contribution >= 0.6 is 0 Å². The lowest BCUT2D eigenvalue weighted by atomic mass is 10.1. The molecule has 0 heterocycles. The largest absolute Gasteiger partial charge is 0.451 e. The van der Waals surface area contributed by atoms with E-state index >= 15 is 0 Å². The van der Waals surface area contributed by atoms with Crippen molar-refractivity contribution in [2.24, 2.45) is 10.2 Å². The molecule has 0 aliphatic heterocycles. The molecular weight excluding hydrogens is 132 g/mol. The van der Waals surface area contributed by atoms with Crippen LogP contribution < -0.4 is 0 Å². The Labute approximate surface area is 60.3 Å². The van der Waals surface area contributed by atoms with Crippen LogP contribution in [0.3, 0.4) is 0 Å². The van der Waals surface area contributed by atoms with Gasteiger partial charge >= 0.3 is 6.09 Å². The second-order valence-electron chi connectivity index (χ2n) is 2.84. The first-order valence-corrected chi connectivity index (χ1v) is 2.96. The Kier molecular flexibility index (Phi) is 2.99. The van der Waals surface area contributed by atoms with Crippen LogP contribution in [0.5, 0.6) is 0 Å². The van der Waals surface area contributed by atoms with Gasteiger partial charge in [0.15, 0.2) is 0 Å². The van der Waals surface area contributed by atoms with Gasteiger partial charge in [-0.25, -0.2) is 4.79 Å². The number of hydrogen-bond donors (Lipinski definition) is 0. The van der Waals surface area contributed by atoms with Gasteiger partial charge in [0.1, 0.15) is 0 Å². The van der Waals surface area contributed by atoms with Gasteiger partial charge < -0.3 is 4.74 Å². The lowest BCUT2D eigenvalue weighted by Crippen LogP contribution is -2.09. The quantitative estimate of drug-likeness (QED) is 0.488. The van der Waals surface area contributed by atoms with E-state index in [2.05, 4.69) is 15.0 Å². The highest BCUT2D eigenvalue weighted by atomic mass is 16.5. The van der Waals surface area contributed by atoms with Crippen LogP contribution in [0.2, 0.25) is 0 Å². The summed E-state index contributed by atoms with van der Waals surface area (Å²) in [6.45, 7) is 5.54. The molecule has 0 N–H and O–H groups in total. The van der Waals surface area contributed by atoms with Crippen molar-refractivity contribution in [3.8, 4) is 0 Å². The van der Waals surface area contributed by atoms with Crippen molar-refractivity contribution in [3.05, 3.63) is 0 Å². The third-order valence-corrected chi connectivity index (χ3v) is 0.606. The van der Waals surface area contributed by atoms with Crippen LogP contribution in [0.1, 0.15) is 20.8 Å². The zero-order valence-electron chi connectivity index (χ0n) is 6.71. The van der Waals surface area contributed by atoms with E-state index in [0.29, 0.717) is 0 Å². The normalized spacial score (nSPS) is 12.0. The van der Waals surface area contributed by atoms with E-state index in [0.717, 1.165) is 0 Å². The predicted octanol–water partition coefficient (Wildman–Crippen LogP) is 2.00. The number of methoxy groups -OCH3 is 1. The lowest BCUT2D eigenvalue weighted by molar-refractivity contribution is 0.179. The highest BCUT2D eigenvalue weighted by Gasteiger charge is 2.07. The molecule has 0 rings (SSSR count). The van der Waals surface area contributed by atoms with E-state index in [4.69, 9.17) is 0 Å². The number of nitrogens with zero attached hydrogens (tertiary/aromatic N) is 2. The first kappa shape index (κ1) is 9.07. The molecule has 0 bridgehead atoms. The molecule has 4 nitrogen and oxygen atoms in total. The summed E-state index contributed by atoms with van der Waals surface area (Å²) in [5.41, 5.74) is -0.311. The molecule has 4 heteroatoms. The van der Waals surface area contributed by atoms with Crippen LogP contribution in [0.15, 0.2) is 10.2 Å². The first-order chi connectivity index (χ1) is 4.45. The fourth-order valence-corrected chi connectivity index (χ4v) is 0.232. The molecule has 10 heavy (non-hydrogen) atoms. The topological polar surface area (TPSA) is 51.0 Å². The highest BCUT2D eigenvalue weighted by molar-refractivity contribution is 5.67. The molecule has 0 aliphatic rings. The van der Waals surface area contributed by atoms with Crippen LogP contribution in [0, 0.1) is 0 Å². The van der Waals surface area contributed by atoms with Crippen molar-refractivity contribution in [3.63, 3.8) is 0 Å². The average molecular weight is 144 g/mol. The molecule has 0 saturated heterocycles. The number of azo groups is 1. The number of carbonyl (C=O) groups is 1. The van der Waals surface area contributed by atoms with Crippen molar-refractivity contribution in [1.29, 1.82) is 0 Å². The molecular formula is C6H12N2O2. The van der Waals surface area contributed by atoms with Crippen molar-refractivity contribution in [1.82, 2.24) is 0 Å². The minimum absolute atomic E-state index is 0.311. The van der Waals surface area contributed by atoms with E-state index in [1.807, 2.05) is 20.8 Å². The van der Waals surface area contributed by atoms with E-state index in [1.165, 1.54) is 7.11 Å². The molecule has 0 atom stereocenters. The fraction of sp³-hybridized carbons (Fsp3) is 0.833. The summed E-state index contributed by atoms with van der Waals surface area (Å²) in [5.74, 6) is 0. The maximum Gasteiger partial charge on any atom is 0.451 e. The second-order valence-corrected chi connectivity index (χ2v) is 2.84. The molecule has 1 amide bonds. The van der Waals surface area contributed by atoms with Gasteiger partial charge in [-0.1, -0.05) is 5.11 Å². The Morgan fingerprint density at radius 2 is 1.90 bits per heavy atom. The number of amides is 1. The van der Waals surface area contributed by atoms with E-state index in [9.17, 15) is 4.79 Å². The zero-order chi connectivity index (χ0) is 8.20. The maximum atomic E-state index is 10.4. The Morgan fingerprint density at radius 1 is 1.40 bits per heavy atom. The summed E-state index contributed by atoms with van der Waals surface area (Å²) in [4.78, 5) is 10.4. The van der Waals surface area contributed by atoms with E-state index < -0.39 is 6.09 Å². The summed E-state index contributed by atoms with van der Waals surface area (Å²) in [6.07, 6.45) is -0.657. The Hall–Kier alpha value is -0.930. The number of ether oxygens (including phenoxy) is 1. The zero-order valence-corrected chi connectivity index (χ0v) is 6.71. The van der Waals surface area contributed by atoms with Crippen LogP contribution in [-0.2, 0) is 4.74 Å². The summed E-state index contributed by atoms with van der Waals surface area (Å²) < 4.78 is 4.25. The second kappa shape index (κ2) is 3.29. The Morgan fingerprint density at radius 3 is 2.20 bits per heavy atom. The van der Waals surface area contributed by atoms with Gasteiger partial charge in [0.25, 0.3) is 0 Å². The Balaban J connectivity index is 3.88. The Bertz CT molecular complexity index is 146. The summed E-state index contributed by atoms with van der Waals surface area (Å²) in [5, 5.41) is 6.96. The number of carbonyl (C=O) groups excluding carboxylic acids is 1. The van der Waals surface area contributed by atoms with Gasteiger partial charge in [-0.3, -0.25) is 0 Å². The maximum absolute atomic E-state index is 10.4. The SMILES string of the molecule is COC(=O)N=NC(C)(C)C. The van der Waals surface area contributed by atoms with Crippen molar-refractivity contribution in [2.45, 2.75) is 26.3 Å². The van der Waals surface area contributed by atoms with Crippen molar-refractivity contribution < 1.29 is 9.53 Å². The average Bonchev–Trinajstić information content (AvgIpc) is 1.81. The fourth-order valence-electron chi connectivity index (χ4n) is 0.232. The van der Waals surface area contributed by atoms with E-state index in [1.54, 1.807) is 0 Å². The standard InChI is InChI=1S/C6H12N2O2/c1-6(2,3)8-7-5(9)10-4/h1-4H3. The molecule has 0 aromatic heterocycles. The molecule has 0 aromatic carbocycles. The summed E-state index contributed by atoms with van der Waals surface area (Å²) >= 11 is 0. The molecule has 0 aliphatic carbocycles. The summed E-state index contributed by atoms with van der Waals surface area (Å²) in [6, 6.07) is 0. The molecule has 0 aromatic rings. The smallest absolute Gasteiger partial charge is 0.450 e. The minimum Gasteiger partial charge on any atom is -0.450 e. The van der Waals surface area contributed by atoms with Crippen LogP contribution in [0.4, 0.5) is 4.79 Å². The molecule has 0 spiro atoms. The minimum atomic E-state index is -0.657. The van der Waals surface area contributed by atoms with Crippen molar-refractivity contribution in [2.75, 3.05) is 7.11 Å².